The molecule has 0 aliphatic rings. The van der Waals surface area contributed by atoms with E-state index in [9.17, 15) is 14.4 Å². The summed E-state index contributed by atoms with van der Waals surface area (Å²) < 4.78 is 6.37. The standard InChI is InChI=1S/C22H24N4O4S/c1-14-8-9-18(15(2)12-14)26-20(28)16-6-4-5-7-17(16)24-22(26)31-13-19(27)25-21(29)23-10-11-30-3/h4-9,12H,10-11,13H2,1-3H3,(H2,23,25,27,29). The molecule has 0 aliphatic heterocycles. The number of urea groups is 1. The van der Waals surface area contributed by atoms with E-state index >= 15 is 0 Å². The lowest BCUT2D eigenvalue weighted by Crippen LogP contribution is -2.41. The smallest absolute Gasteiger partial charge is 0.321 e. The lowest BCUT2D eigenvalue weighted by molar-refractivity contribution is -0.117. The lowest BCUT2D eigenvalue weighted by atomic mass is 10.1. The molecule has 3 rings (SSSR count). The number of fused-ring (bicyclic) bond motifs is 1. The summed E-state index contributed by atoms with van der Waals surface area (Å²) in [7, 11) is 1.52. The second-order valence-corrected chi connectivity index (χ2v) is 7.87. The van der Waals surface area contributed by atoms with Gasteiger partial charge >= 0.3 is 6.03 Å². The topological polar surface area (TPSA) is 102 Å². The number of aryl methyl sites for hydroxylation is 2. The van der Waals surface area contributed by atoms with Crippen LogP contribution in [-0.2, 0) is 9.53 Å². The summed E-state index contributed by atoms with van der Waals surface area (Å²) in [6.07, 6.45) is 0. The summed E-state index contributed by atoms with van der Waals surface area (Å²) >= 11 is 1.10. The molecule has 0 atom stereocenters. The Morgan fingerprint density at radius 3 is 2.68 bits per heavy atom. The Morgan fingerprint density at radius 2 is 1.94 bits per heavy atom. The maximum atomic E-state index is 13.3. The van der Waals surface area contributed by atoms with Crippen molar-refractivity contribution in [2.75, 3.05) is 26.0 Å². The number of ether oxygens (including phenoxy) is 1. The third kappa shape index (κ3) is 5.50. The number of nitrogens with one attached hydrogen (secondary N) is 2. The number of benzene rings is 2. The third-order valence-electron chi connectivity index (χ3n) is 4.52. The average molecular weight is 441 g/mol. The van der Waals surface area contributed by atoms with Gasteiger partial charge in [-0.05, 0) is 37.6 Å². The summed E-state index contributed by atoms with van der Waals surface area (Å²) in [5.74, 6) is -0.567. The zero-order valence-corrected chi connectivity index (χ0v) is 18.4. The van der Waals surface area contributed by atoms with Gasteiger partial charge in [0, 0.05) is 13.7 Å². The number of hydrogen-bond acceptors (Lipinski definition) is 6. The van der Waals surface area contributed by atoms with Gasteiger partial charge in [-0.2, -0.15) is 0 Å². The number of thioether (sulfide) groups is 1. The highest BCUT2D eigenvalue weighted by molar-refractivity contribution is 7.99. The van der Waals surface area contributed by atoms with E-state index in [0.29, 0.717) is 34.9 Å². The molecule has 1 aromatic heterocycles. The Labute approximate surface area is 184 Å². The minimum atomic E-state index is -0.596. The van der Waals surface area contributed by atoms with Crippen molar-refractivity contribution in [2.45, 2.75) is 19.0 Å². The van der Waals surface area contributed by atoms with Gasteiger partial charge in [0.15, 0.2) is 5.16 Å². The predicted molar refractivity (Wildman–Crippen MR) is 121 cm³/mol. The van der Waals surface area contributed by atoms with Crippen molar-refractivity contribution >= 4 is 34.6 Å². The molecule has 0 saturated heterocycles. The first-order chi connectivity index (χ1) is 14.9. The van der Waals surface area contributed by atoms with E-state index in [2.05, 4.69) is 15.6 Å². The lowest BCUT2D eigenvalue weighted by Gasteiger charge is -2.15. The van der Waals surface area contributed by atoms with E-state index < -0.39 is 11.9 Å². The van der Waals surface area contributed by atoms with Crippen LogP contribution in [0.1, 0.15) is 11.1 Å². The molecule has 9 heteroatoms. The van der Waals surface area contributed by atoms with E-state index in [1.165, 1.54) is 11.7 Å². The van der Waals surface area contributed by atoms with Crippen LogP contribution in [0.3, 0.4) is 0 Å². The van der Waals surface area contributed by atoms with Crippen molar-refractivity contribution in [3.05, 3.63) is 63.9 Å². The number of para-hydroxylation sites is 1. The maximum absolute atomic E-state index is 13.3. The maximum Gasteiger partial charge on any atom is 0.321 e. The zero-order chi connectivity index (χ0) is 22.4. The van der Waals surface area contributed by atoms with Crippen molar-refractivity contribution in [3.8, 4) is 5.69 Å². The number of nitrogens with zero attached hydrogens (tertiary/aromatic N) is 2. The molecule has 0 saturated carbocycles. The van der Waals surface area contributed by atoms with Crippen molar-refractivity contribution in [2.24, 2.45) is 0 Å². The molecule has 162 valence electrons. The summed E-state index contributed by atoms with van der Waals surface area (Å²) in [5, 5.41) is 5.65. The number of methoxy groups -OCH3 is 1. The van der Waals surface area contributed by atoms with Crippen LogP contribution in [0.15, 0.2) is 52.4 Å². The molecule has 0 bridgehead atoms. The van der Waals surface area contributed by atoms with Crippen LogP contribution < -0.4 is 16.2 Å². The minimum absolute atomic E-state index is 0.0760. The normalized spacial score (nSPS) is 10.8. The highest BCUT2D eigenvalue weighted by Gasteiger charge is 2.17. The molecule has 0 radical (unpaired) electrons. The molecule has 0 aliphatic carbocycles. The quantitative estimate of drug-likeness (QED) is 0.333. The molecule has 3 aromatic rings. The SMILES string of the molecule is COCCNC(=O)NC(=O)CSc1nc2ccccc2c(=O)n1-c1ccc(C)cc1C. The largest absolute Gasteiger partial charge is 0.383 e. The second-order valence-electron chi connectivity index (χ2n) is 6.93. The number of carbonyl (C=O) groups excluding carboxylic acids is 2. The van der Waals surface area contributed by atoms with Crippen LogP contribution in [0.25, 0.3) is 16.6 Å². The first-order valence-corrected chi connectivity index (χ1v) is 10.7. The van der Waals surface area contributed by atoms with Gasteiger partial charge in [-0.15, -0.1) is 0 Å². The predicted octanol–water partition coefficient (Wildman–Crippen LogP) is 2.57. The Balaban J connectivity index is 1.90. The molecule has 0 spiro atoms. The van der Waals surface area contributed by atoms with Gasteiger partial charge in [-0.25, -0.2) is 9.78 Å². The Kier molecular flexibility index (Phi) is 7.43. The molecule has 8 nitrogen and oxygen atoms in total. The van der Waals surface area contributed by atoms with Crippen LogP contribution in [0.2, 0.25) is 0 Å². The number of amides is 3. The number of rotatable bonds is 7. The van der Waals surface area contributed by atoms with Gasteiger partial charge in [0.25, 0.3) is 5.56 Å². The van der Waals surface area contributed by atoms with Crippen molar-refractivity contribution < 1.29 is 14.3 Å². The summed E-state index contributed by atoms with van der Waals surface area (Å²) in [5.41, 5.74) is 3.04. The highest BCUT2D eigenvalue weighted by Crippen LogP contribution is 2.23. The van der Waals surface area contributed by atoms with Crippen LogP contribution >= 0.6 is 11.8 Å². The Hall–Kier alpha value is -3.17. The highest BCUT2D eigenvalue weighted by atomic mass is 32.2. The van der Waals surface area contributed by atoms with Crippen LogP contribution in [-0.4, -0.2) is 47.5 Å². The van der Waals surface area contributed by atoms with Gasteiger partial charge in [-0.3, -0.25) is 19.5 Å². The molecule has 1 heterocycles. The fraction of sp³-hybridized carbons (Fsp3) is 0.273. The molecule has 2 aromatic carbocycles. The molecular formula is C22H24N4O4S. The number of carbonyl (C=O) groups is 2. The number of hydrogen-bond donors (Lipinski definition) is 2. The second kappa shape index (κ2) is 10.2. The minimum Gasteiger partial charge on any atom is -0.383 e. The fourth-order valence-corrected chi connectivity index (χ4v) is 3.89. The molecule has 2 N–H and O–H groups in total. The summed E-state index contributed by atoms with van der Waals surface area (Å²) in [4.78, 5) is 41.9. The van der Waals surface area contributed by atoms with Crippen molar-refractivity contribution in [1.29, 1.82) is 0 Å². The molecule has 0 fully saturated rings. The van der Waals surface area contributed by atoms with Gasteiger partial charge in [0.1, 0.15) is 0 Å². The average Bonchev–Trinajstić information content (AvgIpc) is 2.73. The van der Waals surface area contributed by atoms with Crippen LogP contribution in [0, 0.1) is 13.8 Å². The van der Waals surface area contributed by atoms with E-state index in [1.54, 1.807) is 18.2 Å². The van der Waals surface area contributed by atoms with Crippen molar-refractivity contribution in [1.82, 2.24) is 20.2 Å². The summed E-state index contributed by atoms with van der Waals surface area (Å²) in [6.45, 7) is 4.55. The Bertz CT molecular complexity index is 1180. The van der Waals surface area contributed by atoms with Crippen LogP contribution in [0.4, 0.5) is 4.79 Å². The van der Waals surface area contributed by atoms with E-state index in [-0.39, 0.29) is 11.3 Å². The van der Waals surface area contributed by atoms with E-state index in [0.717, 1.165) is 22.9 Å². The summed E-state index contributed by atoms with van der Waals surface area (Å²) in [6, 6.07) is 12.3. The molecule has 3 amide bonds. The van der Waals surface area contributed by atoms with Gasteiger partial charge in [0.2, 0.25) is 5.91 Å². The monoisotopic (exact) mass is 440 g/mol. The number of aromatic nitrogens is 2. The van der Waals surface area contributed by atoms with E-state index in [4.69, 9.17) is 4.74 Å². The fourth-order valence-electron chi connectivity index (χ4n) is 3.08. The first kappa shape index (κ1) is 22.5. The number of imide groups is 1. The molecule has 0 unspecified atom stereocenters. The van der Waals surface area contributed by atoms with Crippen molar-refractivity contribution in [3.63, 3.8) is 0 Å². The van der Waals surface area contributed by atoms with Gasteiger partial charge in [-0.1, -0.05) is 41.6 Å². The first-order valence-electron chi connectivity index (χ1n) is 9.69. The Morgan fingerprint density at radius 1 is 1.16 bits per heavy atom. The van der Waals surface area contributed by atoms with Crippen LogP contribution in [0.5, 0.6) is 0 Å². The molecular weight excluding hydrogens is 416 g/mol. The van der Waals surface area contributed by atoms with Gasteiger partial charge < -0.3 is 10.1 Å². The zero-order valence-electron chi connectivity index (χ0n) is 17.6. The molecule has 31 heavy (non-hydrogen) atoms. The van der Waals surface area contributed by atoms with E-state index in [1.807, 2.05) is 38.1 Å². The van der Waals surface area contributed by atoms with Gasteiger partial charge in [0.05, 0.1) is 29.0 Å². The third-order valence-corrected chi connectivity index (χ3v) is 5.45.